The van der Waals surface area contributed by atoms with Crippen LogP contribution in [0.5, 0.6) is 5.75 Å². The number of carbonyl (C=O) groups is 1. The van der Waals surface area contributed by atoms with Crippen molar-refractivity contribution in [1.29, 1.82) is 0 Å². The summed E-state index contributed by atoms with van der Waals surface area (Å²) in [5.41, 5.74) is 3.70. The summed E-state index contributed by atoms with van der Waals surface area (Å²) >= 11 is 1.40. The maximum Gasteiger partial charge on any atom is 0.265 e. The molecule has 0 aliphatic carbocycles. The summed E-state index contributed by atoms with van der Waals surface area (Å²) in [5.74, 6) is 0.895. The molecular formula is C18H24N2O3S. The van der Waals surface area contributed by atoms with Crippen molar-refractivity contribution in [1.82, 2.24) is 9.88 Å². The van der Waals surface area contributed by atoms with Gasteiger partial charge in [0, 0.05) is 26.8 Å². The minimum atomic E-state index is 0.0552. The van der Waals surface area contributed by atoms with Crippen LogP contribution in [-0.4, -0.2) is 49.7 Å². The maximum atomic E-state index is 12.8. The lowest BCUT2D eigenvalue weighted by Crippen LogP contribution is -2.34. The molecule has 5 nitrogen and oxygen atoms in total. The summed E-state index contributed by atoms with van der Waals surface area (Å²) in [7, 11) is 3.33. The van der Waals surface area contributed by atoms with Crippen LogP contribution in [0.25, 0.3) is 0 Å². The van der Waals surface area contributed by atoms with Crippen LogP contribution in [0.3, 0.4) is 0 Å². The first-order valence-corrected chi connectivity index (χ1v) is 8.85. The Morgan fingerprint density at radius 1 is 1.21 bits per heavy atom. The highest BCUT2D eigenvalue weighted by Crippen LogP contribution is 2.17. The van der Waals surface area contributed by atoms with E-state index in [1.165, 1.54) is 16.9 Å². The van der Waals surface area contributed by atoms with E-state index in [2.05, 4.69) is 4.98 Å². The van der Waals surface area contributed by atoms with Crippen molar-refractivity contribution < 1.29 is 14.3 Å². The second kappa shape index (κ2) is 9.39. The largest absolute Gasteiger partial charge is 0.497 e. The number of aromatic nitrogens is 1. The van der Waals surface area contributed by atoms with E-state index < -0.39 is 0 Å². The Kier molecular flexibility index (Phi) is 7.21. The average molecular weight is 348 g/mol. The second-order valence-electron chi connectivity index (χ2n) is 5.50. The molecule has 0 bridgehead atoms. The number of ether oxygens (including phenoxy) is 2. The molecule has 0 radical (unpaired) electrons. The van der Waals surface area contributed by atoms with Gasteiger partial charge in [0.1, 0.15) is 10.6 Å². The molecule has 0 N–H and O–H groups in total. The molecule has 1 aromatic heterocycles. The van der Waals surface area contributed by atoms with Crippen molar-refractivity contribution >= 4 is 17.2 Å². The lowest BCUT2D eigenvalue weighted by Gasteiger charge is -2.22. The molecule has 0 atom stereocenters. The van der Waals surface area contributed by atoms with Gasteiger partial charge in [-0.15, -0.1) is 11.3 Å². The molecule has 1 aromatic carbocycles. The van der Waals surface area contributed by atoms with Crippen molar-refractivity contribution in [3.05, 3.63) is 45.9 Å². The van der Waals surface area contributed by atoms with Gasteiger partial charge < -0.3 is 14.4 Å². The van der Waals surface area contributed by atoms with Gasteiger partial charge in [0.15, 0.2) is 0 Å². The Balaban J connectivity index is 2.02. The standard InChI is InChI=1S/C18H24N2O3S/c1-14-17(24-13-19-14)18(21)20(10-4-12-22-2)11-9-15-5-7-16(23-3)8-6-15/h5-8,13H,4,9-12H2,1-3H3. The zero-order valence-corrected chi connectivity index (χ0v) is 15.3. The van der Waals surface area contributed by atoms with Gasteiger partial charge in [-0.05, 0) is 37.5 Å². The minimum Gasteiger partial charge on any atom is -0.497 e. The molecule has 0 aliphatic rings. The van der Waals surface area contributed by atoms with Crippen LogP contribution >= 0.6 is 11.3 Å². The predicted octanol–water partition coefficient (Wildman–Crippen LogP) is 3.18. The Bertz CT molecular complexity index is 640. The van der Waals surface area contributed by atoms with Crippen LogP contribution in [0.15, 0.2) is 29.8 Å². The number of hydrogen-bond acceptors (Lipinski definition) is 5. The van der Waals surface area contributed by atoms with Crippen molar-refractivity contribution in [2.45, 2.75) is 19.8 Å². The zero-order chi connectivity index (χ0) is 17.4. The summed E-state index contributed by atoms with van der Waals surface area (Å²) in [6.07, 6.45) is 1.63. The third kappa shape index (κ3) is 5.04. The quantitative estimate of drug-likeness (QED) is 0.653. The van der Waals surface area contributed by atoms with Gasteiger partial charge >= 0.3 is 0 Å². The number of amides is 1. The minimum absolute atomic E-state index is 0.0552. The molecule has 2 rings (SSSR count). The van der Waals surface area contributed by atoms with Crippen LogP contribution in [-0.2, 0) is 11.2 Å². The van der Waals surface area contributed by atoms with Crippen LogP contribution < -0.4 is 4.74 Å². The molecule has 0 unspecified atom stereocenters. The fraction of sp³-hybridized carbons (Fsp3) is 0.444. The number of nitrogens with zero attached hydrogens (tertiary/aromatic N) is 2. The monoisotopic (exact) mass is 348 g/mol. The molecule has 0 aliphatic heterocycles. The van der Waals surface area contributed by atoms with Crippen molar-refractivity contribution in [3.8, 4) is 5.75 Å². The fourth-order valence-electron chi connectivity index (χ4n) is 2.42. The van der Waals surface area contributed by atoms with E-state index in [1.807, 2.05) is 36.1 Å². The van der Waals surface area contributed by atoms with E-state index >= 15 is 0 Å². The number of thiazole rings is 1. The molecule has 1 heterocycles. The average Bonchev–Trinajstić information content (AvgIpc) is 3.04. The van der Waals surface area contributed by atoms with Gasteiger partial charge in [-0.2, -0.15) is 0 Å². The van der Waals surface area contributed by atoms with Crippen molar-refractivity contribution in [2.24, 2.45) is 0 Å². The Morgan fingerprint density at radius 2 is 1.96 bits per heavy atom. The van der Waals surface area contributed by atoms with Crippen LogP contribution in [0.4, 0.5) is 0 Å². The summed E-state index contributed by atoms with van der Waals surface area (Å²) in [6, 6.07) is 7.96. The third-order valence-electron chi connectivity index (χ3n) is 3.83. The highest BCUT2D eigenvalue weighted by Gasteiger charge is 2.19. The summed E-state index contributed by atoms with van der Waals surface area (Å²) in [5, 5.41) is 0. The molecule has 0 saturated carbocycles. The summed E-state index contributed by atoms with van der Waals surface area (Å²) < 4.78 is 10.3. The van der Waals surface area contributed by atoms with Gasteiger partial charge in [0.05, 0.1) is 18.3 Å². The lowest BCUT2D eigenvalue weighted by atomic mass is 10.1. The van der Waals surface area contributed by atoms with Gasteiger partial charge in [0.25, 0.3) is 5.91 Å². The molecule has 0 spiro atoms. The maximum absolute atomic E-state index is 12.8. The Morgan fingerprint density at radius 3 is 2.54 bits per heavy atom. The number of carbonyl (C=O) groups excluding carboxylic acids is 1. The van der Waals surface area contributed by atoms with Crippen molar-refractivity contribution in [3.63, 3.8) is 0 Å². The van der Waals surface area contributed by atoms with Gasteiger partial charge in [-0.3, -0.25) is 4.79 Å². The normalized spacial score (nSPS) is 10.6. The van der Waals surface area contributed by atoms with Gasteiger partial charge in [-0.25, -0.2) is 4.98 Å². The smallest absolute Gasteiger partial charge is 0.265 e. The van der Waals surface area contributed by atoms with E-state index in [4.69, 9.17) is 9.47 Å². The van der Waals surface area contributed by atoms with Gasteiger partial charge in [0.2, 0.25) is 0 Å². The number of methoxy groups -OCH3 is 2. The SMILES string of the molecule is COCCCN(CCc1ccc(OC)cc1)C(=O)c1scnc1C. The molecule has 130 valence electrons. The topological polar surface area (TPSA) is 51.7 Å². The third-order valence-corrected chi connectivity index (χ3v) is 4.75. The highest BCUT2D eigenvalue weighted by molar-refractivity contribution is 7.11. The van der Waals surface area contributed by atoms with Crippen LogP contribution in [0.2, 0.25) is 0 Å². The van der Waals surface area contributed by atoms with E-state index in [0.717, 1.165) is 29.2 Å². The van der Waals surface area contributed by atoms with Gasteiger partial charge in [-0.1, -0.05) is 12.1 Å². The summed E-state index contributed by atoms with van der Waals surface area (Å²) in [6.45, 7) is 3.88. The van der Waals surface area contributed by atoms with E-state index in [1.54, 1.807) is 19.7 Å². The molecule has 1 amide bonds. The van der Waals surface area contributed by atoms with E-state index in [9.17, 15) is 4.79 Å². The molecule has 24 heavy (non-hydrogen) atoms. The molecule has 2 aromatic rings. The summed E-state index contributed by atoms with van der Waals surface area (Å²) in [4.78, 5) is 19.6. The first kappa shape index (κ1) is 18.4. The van der Waals surface area contributed by atoms with Crippen LogP contribution in [0, 0.1) is 6.92 Å². The van der Waals surface area contributed by atoms with E-state index in [0.29, 0.717) is 19.7 Å². The predicted molar refractivity (Wildman–Crippen MR) is 95.9 cm³/mol. The molecule has 0 saturated heterocycles. The number of aryl methyl sites for hydroxylation is 1. The molecule has 0 fully saturated rings. The lowest BCUT2D eigenvalue weighted by molar-refractivity contribution is 0.0742. The highest BCUT2D eigenvalue weighted by atomic mass is 32.1. The number of hydrogen-bond donors (Lipinski definition) is 0. The first-order valence-electron chi connectivity index (χ1n) is 7.97. The Labute approximate surface area is 147 Å². The molecular weight excluding hydrogens is 324 g/mol. The fourth-order valence-corrected chi connectivity index (χ4v) is 3.19. The Hall–Kier alpha value is -1.92. The van der Waals surface area contributed by atoms with Crippen LogP contribution in [0.1, 0.15) is 27.3 Å². The zero-order valence-electron chi connectivity index (χ0n) is 14.4. The molecule has 6 heteroatoms. The second-order valence-corrected chi connectivity index (χ2v) is 6.36. The number of benzene rings is 1. The van der Waals surface area contributed by atoms with E-state index in [-0.39, 0.29) is 5.91 Å². The first-order chi connectivity index (χ1) is 11.7. The van der Waals surface area contributed by atoms with Crippen molar-refractivity contribution in [2.75, 3.05) is 33.9 Å². The number of rotatable bonds is 9.